The van der Waals surface area contributed by atoms with E-state index in [2.05, 4.69) is 10.1 Å². The molecule has 0 aliphatic rings. The van der Waals surface area contributed by atoms with Gasteiger partial charge in [-0.3, -0.25) is 4.57 Å². The fourth-order valence-electron chi connectivity index (χ4n) is 2.45. The highest BCUT2D eigenvalue weighted by molar-refractivity contribution is 5.77. The Balaban J connectivity index is 2.16. The van der Waals surface area contributed by atoms with Gasteiger partial charge >= 0.3 is 0 Å². The van der Waals surface area contributed by atoms with Gasteiger partial charge in [0, 0.05) is 12.1 Å². The van der Waals surface area contributed by atoms with Gasteiger partial charge in [-0.1, -0.05) is 0 Å². The zero-order chi connectivity index (χ0) is 15.1. The van der Waals surface area contributed by atoms with Crippen molar-refractivity contribution >= 4 is 17.1 Å². The highest BCUT2D eigenvalue weighted by Crippen LogP contribution is 2.23. The van der Waals surface area contributed by atoms with Crippen molar-refractivity contribution in [3.8, 4) is 0 Å². The van der Waals surface area contributed by atoms with Crippen LogP contribution >= 0.6 is 0 Å². The Morgan fingerprint density at radius 2 is 2.05 bits per heavy atom. The molecule has 0 aliphatic heterocycles. The minimum absolute atomic E-state index is 0.108. The second kappa shape index (κ2) is 4.83. The van der Waals surface area contributed by atoms with Crippen molar-refractivity contribution < 1.29 is 8.78 Å². The van der Waals surface area contributed by atoms with Gasteiger partial charge in [0.2, 0.25) is 5.95 Å². The number of aryl methyl sites for hydroxylation is 2. The third kappa shape index (κ3) is 2.14. The topological polar surface area (TPSA) is 61.7 Å². The molecule has 0 amide bonds. The molecule has 0 atom stereocenters. The van der Waals surface area contributed by atoms with E-state index in [1.165, 1.54) is 6.07 Å². The van der Waals surface area contributed by atoms with Gasteiger partial charge in [0.1, 0.15) is 17.2 Å². The number of benzene rings is 1. The summed E-state index contributed by atoms with van der Waals surface area (Å²) in [5, 5.41) is 4.36. The number of nitrogens with two attached hydrogens (primary N) is 1. The highest BCUT2D eigenvalue weighted by atomic mass is 19.1. The molecule has 0 unspecified atom stereocenters. The lowest BCUT2D eigenvalue weighted by Gasteiger charge is -2.09. The summed E-state index contributed by atoms with van der Waals surface area (Å²) >= 11 is 0. The molecule has 7 heteroatoms. The third-order valence-corrected chi connectivity index (χ3v) is 3.46. The number of nitrogens with zero attached hydrogens (tertiary/aromatic N) is 4. The predicted molar refractivity (Wildman–Crippen MR) is 75.8 cm³/mol. The maximum atomic E-state index is 13.8. The lowest BCUT2D eigenvalue weighted by Crippen LogP contribution is -2.10. The summed E-state index contributed by atoms with van der Waals surface area (Å²) in [6, 6.07) is 3.36. The Hall–Kier alpha value is -2.44. The molecule has 2 aromatic heterocycles. The number of aromatic nitrogens is 4. The second-order valence-corrected chi connectivity index (χ2v) is 4.87. The van der Waals surface area contributed by atoms with E-state index >= 15 is 0 Å². The maximum absolute atomic E-state index is 13.8. The quantitative estimate of drug-likeness (QED) is 0.806. The first-order chi connectivity index (χ1) is 10.0. The summed E-state index contributed by atoms with van der Waals surface area (Å²) in [5.41, 5.74) is 8.31. The molecule has 21 heavy (non-hydrogen) atoms. The Bertz CT molecular complexity index is 818. The van der Waals surface area contributed by atoms with Crippen LogP contribution in [-0.4, -0.2) is 19.3 Å². The molecule has 0 aliphatic carbocycles. The van der Waals surface area contributed by atoms with Gasteiger partial charge in [-0.25, -0.2) is 18.4 Å². The lowest BCUT2D eigenvalue weighted by atomic mass is 10.2. The van der Waals surface area contributed by atoms with Crippen LogP contribution in [0.2, 0.25) is 0 Å². The first-order valence-electron chi connectivity index (χ1n) is 6.64. The largest absolute Gasteiger partial charge is 0.369 e. The molecule has 0 bridgehead atoms. The van der Waals surface area contributed by atoms with E-state index < -0.39 is 11.6 Å². The van der Waals surface area contributed by atoms with Gasteiger partial charge in [0.15, 0.2) is 5.65 Å². The number of halogens is 2. The highest BCUT2D eigenvalue weighted by Gasteiger charge is 2.18. The summed E-state index contributed by atoms with van der Waals surface area (Å²) in [7, 11) is 0. The Morgan fingerprint density at radius 1 is 1.29 bits per heavy atom. The summed E-state index contributed by atoms with van der Waals surface area (Å²) in [6.07, 6.45) is 0. The zero-order valence-corrected chi connectivity index (χ0v) is 11.8. The fraction of sp³-hybridized carbons (Fsp3) is 0.286. The molecule has 1 aromatic carbocycles. The summed E-state index contributed by atoms with van der Waals surface area (Å²) in [4.78, 5) is 4.27. The molecule has 0 spiro atoms. The molecule has 2 heterocycles. The van der Waals surface area contributed by atoms with E-state index in [4.69, 9.17) is 5.73 Å². The summed E-state index contributed by atoms with van der Waals surface area (Å²) in [6.45, 7) is 4.54. The standard InChI is InChI=1S/C14H15F2N5/c1-3-21-13-12(8(2)19-21)18-14(17)20(13)7-9-6-10(15)4-5-11(9)16/h4-6H,3,7H2,1-2H3,(H2,17,18). The van der Waals surface area contributed by atoms with Crippen molar-refractivity contribution in [1.82, 2.24) is 19.3 Å². The molecule has 0 saturated carbocycles. The van der Waals surface area contributed by atoms with Crippen LogP contribution in [-0.2, 0) is 13.1 Å². The number of rotatable bonds is 3. The average Bonchev–Trinajstić information content (AvgIpc) is 2.93. The van der Waals surface area contributed by atoms with Crippen molar-refractivity contribution in [2.24, 2.45) is 0 Å². The van der Waals surface area contributed by atoms with Crippen LogP contribution in [0, 0.1) is 18.6 Å². The SMILES string of the molecule is CCn1nc(C)c2nc(N)n(Cc3cc(F)ccc3F)c21. The minimum Gasteiger partial charge on any atom is -0.369 e. The van der Waals surface area contributed by atoms with Crippen LogP contribution in [0.4, 0.5) is 14.7 Å². The third-order valence-electron chi connectivity index (χ3n) is 3.46. The normalized spacial score (nSPS) is 11.4. The Labute approximate surface area is 120 Å². The smallest absolute Gasteiger partial charge is 0.202 e. The Morgan fingerprint density at radius 3 is 2.76 bits per heavy atom. The average molecular weight is 291 g/mol. The van der Waals surface area contributed by atoms with Crippen LogP contribution in [0.3, 0.4) is 0 Å². The molecule has 3 aromatic rings. The van der Waals surface area contributed by atoms with Crippen LogP contribution < -0.4 is 5.73 Å². The molecule has 2 N–H and O–H groups in total. The van der Waals surface area contributed by atoms with Crippen LogP contribution in [0.1, 0.15) is 18.2 Å². The van der Waals surface area contributed by atoms with Gasteiger partial charge in [-0.2, -0.15) is 5.10 Å². The van der Waals surface area contributed by atoms with Crippen molar-refractivity contribution in [3.63, 3.8) is 0 Å². The minimum atomic E-state index is -0.485. The molecular formula is C14H15F2N5. The van der Waals surface area contributed by atoms with Crippen molar-refractivity contribution in [2.75, 3.05) is 5.73 Å². The van der Waals surface area contributed by atoms with Crippen LogP contribution in [0.15, 0.2) is 18.2 Å². The van der Waals surface area contributed by atoms with Gasteiger partial charge in [0.05, 0.1) is 12.2 Å². The van der Waals surface area contributed by atoms with Gasteiger partial charge in [-0.15, -0.1) is 0 Å². The zero-order valence-electron chi connectivity index (χ0n) is 11.8. The first-order valence-corrected chi connectivity index (χ1v) is 6.64. The predicted octanol–water partition coefficient (Wildman–Crippen LogP) is 2.47. The number of imidazole rings is 1. The molecule has 0 radical (unpaired) electrons. The number of hydrogen-bond acceptors (Lipinski definition) is 3. The Kier molecular flexibility index (Phi) is 3.12. The number of hydrogen-bond donors (Lipinski definition) is 1. The summed E-state index contributed by atoms with van der Waals surface area (Å²) < 4.78 is 30.5. The van der Waals surface area contributed by atoms with Crippen molar-refractivity contribution in [3.05, 3.63) is 41.1 Å². The summed E-state index contributed by atoms with van der Waals surface area (Å²) in [5.74, 6) is -0.699. The molecular weight excluding hydrogens is 276 g/mol. The molecule has 0 saturated heterocycles. The van der Waals surface area contributed by atoms with Gasteiger partial charge < -0.3 is 5.73 Å². The van der Waals surface area contributed by atoms with Crippen LogP contribution in [0.25, 0.3) is 11.2 Å². The molecule has 110 valence electrons. The van der Waals surface area contributed by atoms with E-state index in [1.807, 2.05) is 13.8 Å². The van der Waals surface area contributed by atoms with E-state index in [0.717, 1.165) is 23.5 Å². The van der Waals surface area contributed by atoms with Crippen molar-refractivity contribution in [1.29, 1.82) is 0 Å². The van der Waals surface area contributed by atoms with Gasteiger partial charge in [-0.05, 0) is 32.0 Å². The van der Waals surface area contributed by atoms with Gasteiger partial charge in [0.25, 0.3) is 0 Å². The van der Waals surface area contributed by atoms with Crippen LogP contribution in [0.5, 0.6) is 0 Å². The van der Waals surface area contributed by atoms with Crippen molar-refractivity contribution in [2.45, 2.75) is 26.9 Å². The monoisotopic (exact) mass is 291 g/mol. The van der Waals surface area contributed by atoms with E-state index in [9.17, 15) is 8.78 Å². The fourth-order valence-corrected chi connectivity index (χ4v) is 2.45. The van der Waals surface area contributed by atoms with E-state index in [1.54, 1.807) is 9.25 Å². The molecule has 5 nitrogen and oxygen atoms in total. The first kappa shape index (κ1) is 13.5. The number of nitrogen functional groups attached to an aromatic ring is 1. The maximum Gasteiger partial charge on any atom is 0.202 e. The second-order valence-electron chi connectivity index (χ2n) is 4.87. The molecule has 0 fully saturated rings. The molecule has 3 rings (SSSR count). The van der Waals surface area contributed by atoms with E-state index in [-0.39, 0.29) is 18.1 Å². The number of fused-ring (bicyclic) bond motifs is 1. The van der Waals surface area contributed by atoms with E-state index in [0.29, 0.717) is 12.1 Å². The lowest BCUT2D eigenvalue weighted by molar-refractivity contribution is 0.576. The number of anilines is 1.